The van der Waals surface area contributed by atoms with Gasteiger partial charge in [0.05, 0.1) is 29.3 Å². The highest BCUT2D eigenvalue weighted by Gasteiger charge is 2.15. The van der Waals surface area contributed by atoms with Crippen LogP contribution in [0.4, 0.5) is 0 Å². The molecule has 0 unspecified atom stereocenters. The van der Waals surface area contributed by atoms with Gasteiger partial charge in [0, 0.05) is 17.3 Å². The lowest BCUT2D eigenvalue weighted by Gasteiger charge is -2.12. The molecule has 4 nitrogen and oxygen atoms in total. The second-order valence-electron chi connectivity index (χ2n) is 5.70. The fourth-order valence-corrected chi connectivity index (χ4v) is 2.63. The summed E-state index contributed by atoms with van der Waals surface area (Å²) in [5, 5.41) is 4.68. The Hall–Kier alpha value is -2.46. The molecule has 0 spiro atoms. The number of rotatable bonds is 5. The molecule has 0 atom stereocenters. The Morgan fingerprint density at radius 1 is 1.04 bits per heavy atom. The Morgan fingerprint density at radius 3 is 2.17 bits per heavy atom. The van der Waals surface area contributed by atoms with Crippen LogP contribution >= 0.6 is 0 Å². The van der Waals surface area contributed by atoms with Crippen molar-refractivity contribution in [2.24, 2.45) is 0 Å². The lowest BCUT2D eigenvalue weighted by atomic mass is 10.0. The third-order valence-corrected chi connectivity index (χ3v) is 3.65. The molecule has 0 aliphatic rings. The van der Waals surface area contributed by atoms with E-state index in [1.807, 2.05) is 62.4 Å². The fourth-order valence-electron chi connectivity index (χ4n) is 2.63. The van der Waals surface area contributed by atoms with Crippen LogP contribution in [-0.2, 0) is 4.74 Å². The average molecular weight is 308 g/mol. The number of amides is 1. The van der Waals surface area contributed by atoms with E-state index < -0.39 is 0 Å². The van der Waals surface area contributed by atoms with Crippen molar-refractivity contribution in [1.82, 2.24) is 10.3 Å². The molecule has 4 heteroatoms. The van der Waals surface area contributed by atoms with Crippen molar-refractivity contribution in [2.75, 3.05) is 13.2 Å². The number of ether oxygens (including phenoxy) is 1. The Balaban J connectivity index is 1.98. The number of pyridine rings is 1. The van der Waals surface area contributed by atoms with Gasteiger partial charge >= 0.3 is 0 Å². The number of carbonyl (C=O) groups excluding carboxylic acids is 1. The van der Waals surface area contributed by atoms with Gasteiger partial charge < -0.3 is 10.1 Å². The van der Waals surface area contributed by atoms with Gasteiger partial charge in [-0.15, -0.1) is 0 Å². The average Bonchev–Trinajstić information content (AvgIpc) is 2.56. The van der Waals surface area contributed by atoms with Crippen LogP contribution in [0.2, 0.25) is 0 Å². The maximum Gasteiger partial charge on any atom is 0.252 e. The van der Waals surface area contributed by atoms with Gasteiger partial charge in [-0.2, -0.15) is 0 Å². The summed E-state index contributed by atoms with van der Waals surface area (Å²) < 4.78 is 5.48. The second-order valence-corrected chi connectivity index (χ2v) is 5.70. The van der Waals surface area contributed by atoms with Crippen LogP contribution in [0.5, 0.6) is 0 Å². The predicted molar refractivity (Wildman–Crippen MR) is 92.7 cm³/mol. The number of fused-ring (bicyclic) bond motifs is 2. The highest BCUT2D eigenvalue weighted by molar-refractivity contribution is 6.16. The minimum atomic E-state index is -0.0906. The second kappa shape index (κ2) is 6.75. The molecule has 0 fully saturated rings. The van der Waals surface area contributed by atoms with E-state index in [4.69, 9.17) is 4.74 Å². The molecule has 2 aromatic carbocycles. The summed E-state index contributed by atoms with van der Waals surface area (Å²) in [5.41, 5.74) is 2.33. The monoisotopic (exact) mass is 308 g/mol. The number of para-hydroxylation sites is 2. The van der Waals surface area contributed by atoms with Gasteiger partial charge in [-0.3, -0.25) is 4.79 Å². The van der Waals surface area contributed by atoms with Gasteiger partial charge in [-0.1, -0.05) is 36.4 Å². The number of hydrogen-bond acceptors (Lipinski definition) is 3. The van der Waals surface area contributed by atoms with E-state index in [0.717, 1.165) is 21.8 Å². The molecule has 3 aromatic rings. The lowest BCUT2D eigenvalue weighted by molar-refractivity contribution is 0.0748. The molecule has 1 heterocycles. The van der Waals surface area contributed by atoms with E-state index in [1.165, 1.54) is 0 Å². The molecule has 0 aliphatic heterocycles. The van der Waals surface area contributed by atoms with Crippen molar-refractivity contribution in [2.45, 2.75) is 20.0 Å². The third-order valence-electron chi connectivity index (χ3n) is 3.65. The van der Waals surface area contributed by atoms with Crippen molar-refractivity contribution in [3.63, 3.8) is 0 Å². The molecule has 0 saturated carbocycles. The van der Waals surface area contributed by atoms with Crippen LogP contribution in [0.3, 0.4) is 0 Å². The van der Waals surface area contributed by atoms with Crippen LogP contribution < -0.4 is 5.32 Å². The zero-order chi connectivity index (χ0) is 16.2. The summed E-state index contributed by atoms with van der Waals surface area (Å²) in [6.45, 7) is 4.95. The Labute approximate surface area is 135 Å². The number of nitrogens with one attached hydrogen (secondary N) is 1. The van der Waals surface area contributed by atoms with Crippen LogP contribution in [0.15, 0.2) is 48.5 Å². The first kappa shape index (κ1) is 15.4. The molecular weight excluding hydrogens is 288 g/mol. The van der Waals surface area contributed by atoms with E-state index in [-0.39, 0.29) is 12.0 Å². The van der Waals surface area contributed by atoms with E-state index in [2.05, 4.69) is 10.3 Å². The molecule has 0 radical (unpaired) electrons. The molecule has 118 valence electrons. The Kier molecular flexibility index (Phi) is 4.53. The summed E-state index contributed by atoms with van der Waals surface area (Å²) >= 11 is 0. The predicted octanol–water partition coefficient (Wildman–Crippen LogP) is 3.54. The summed E-state index contributed by atoms with van der Waals surface area (Å²) in [7, 11) is 0. The Morgan fingerprint density at radius 2 is 1.61 bits per heavy atom. The lowest BCUT2D eigenvalue weighted by Crippen LogP contribution is -2.28. The minimum absolute atomic E-state index is 0.0906. The van der Waals surface area contributed by atoms with Crippen molar-refractivity contribution in [3.8, 4) is 0 Å². The summed E-state index contributed by atoms with van der Waals surface area (Å²) in [6, 6.07) is 15.5. The molecule has 1 N–H and O–H groups in total. The van der Waals surface area contributed by atoms with Gasteiger partial charge in [-0.25, -0.2) is 4.98 Å². The molecule has 0 aliphatic carbocycles. The van der Waals surface area contributed by atoms with Crippen molar-refractivity contribution in [3.05, 3.63) is 54.1 Å². The molecular formula is C19H20N2O2. The van der Waals surface area contributed by atoms with E-state index in [1.54, 1.807) is 0 Å². The standard InChI is InChI=1S/C19H20N2O2/c1-13(2)23-12-11-20-19(22)18-14-7-3-5-9-16(14)21-17-10-6-4-8-15(17)18/h3-10,13H,11-12H2,1-2H3,(H,20,22). The number of benzene rings is 2. The van der Waals surface area contributed by atoms with Gasteiger partial charge in [0.2, 0.25) is 0 Å². The maximum atomic E-state index is 12.7. The van der Waals surface area contributed by atoms with E-state index >= 15 is 0 Å². The SMILES string of the molecule is CC(C)OCCNC(=O)c1c2ccccc2nc2ccccc12. The number of aromatic nitrogens is 1. The highest BCUT2D eigenvalue weighted by Crippen LogP contribution is 2.25. The first-order chi connectivity index (χ1) is 11.2. The zero-order valence-electron chi connectivity index (χ0n) is 13.4. The van der Waals surface area contributed by atoms with Crippen LogP contribution in [-0.4, -0.2) is 30.1 Å². The van der Waals surface area contributed by atoms with Gasteiger partial charge in [0.25, 0.3) is 5.91 Å². The Bertz CT molecular complexity index is 789. The summed E-state index contributed by atoms with van der Waals surface area (Å²) in [4.78, 5) is 17.4. The van der Waals surface area contributed by atoms with Crippen molar-refractivity contribution in [1.29, 1.82) is 0 Å². The normalized spacial score (nSPS) is 11.3. The molecule has 3 rings (SSSR count). The van der Waals surface area contributed by atoms with Crippen molar-refractivity contribution >= 4 is 27.7 Å². The van der Waals surface area contributed by atoms with E-state index in [9.17, 15) is 4.79 Å². The minimum Gasteiger partial charge on any atom is -0.377 e. The third kappa shape index (κ3) is 3.32. The number of carbonyl (C=O) groups is 1. The van der Waals surface area contributed by atoms with Crippen LogP contribution in [0.1, 0.15) is 24.2 Å². The van der Waals surface area contributed by atoms with Gasteiger partial charge in [-0.05, 0) is 26.0 Å². The van der Waals surface area contributed by atoms with E-state index in [0.29, 0.717) is 18.7 Å². The largest absolute Gasteiger partial charge is 0.377 e. The molecule has 23 heavy (non-hydrogen) atoms. The number of nitrogens with zero attached hydrogens (tertiary/aromatic N) is 1. The van der Waals surface area contributed by atoms with Crippen LogP contribution in [0.25, 0.3) is 21.8 Å². The summed E-state index contributed by atoms with van der Waals surface area (Å²) in [6.07, 6.45) is 0.162. The quantitative estimate of drug-likeness (QED) is 0.579. The topological polar surface area (TPSA) is 51.2 Å². The van der Waals surface area contributed by atoms with Crippen LogP contribution in [0, 0.1) is 0 Å². The molecule has 0 bridgehead atoms. The van der Waals surface area contributed by atoms with Gasteiger partial charge in [0.15, 0.2) is 0 Å². The maximum absolute atomic E-state index is 12.7. The first-order valence-electron chi connectivity index (χ1n) is 7.84. The zero-order valence-corrected chi connectivity index (χ0v) is 13.4. The first-order valence-corrected chi connectivity index (χ1v) is 7.84. The molecule has 1 amide bonds. The molecule has 0 saturated heterocycles. The molecule has 1 aromatic heterocycles. The van der Waals surface area contributed by atoms with Crippen molar-refractivity contribution < 1.29 is 9.53 Å². The fraction of sp³-hybridized carbons (Fsp3) is 0.263. The highest BCUT2D eigenvalue weighted by atomic mass is 16.5. The number of hydrogen-bond donors (Lipinski definition) is 1. The smallest absolute Gasteiger partial charge is 0.252 e. The summed E-state index contributed by atoms with van der Waals surface area (Å²) in [5.74, 6) is -0.0906. The van der Waals surface area contributed by atoms with Gasteiger partial charge in [0.1, 0.15) is 0 Å².